The Balaban J connectivity index is 1.83. The van der Waals surface area contributed by atoms with Gasteiger partial charge in [0.25, 0.3) is 0 Å². The Morgan fingerprint density at radius 1 is 1.24 bits per heavy atom. The molecule has 3 heteroatoms. The third kappa shape index (κ3) is 5.72. The highest BCUT2D eigenvalue weighted by atomic mass is 16.4. The Kier molecular flexibility index (Phi) is 6.00. The summed E-state index contributed by atoms with van der Waals surface area (Å²) in [4.78, 5) is 12.9. The highest BCUT2D eigenvalue weighted by Crippen LogP contribution is 2.24. The molecule has 0 unspecified atom stereocenters. The lowest BCUT2D eigenvalue weighted by Crippen LogP contribution is -2.26. The summed E-state index contributed by atoms with van der Waals surface area (Å²) in [5, 5.41) is 8.61. The fraction of sp³-hybridized carbons (Fsp3) is 0.500. The lowest BCUT2D eigenvalue weighted by atomic mass is 9.89. The average molecular weight is 287 g/mol. The standard InChI is InChI=1S/C18H25NO2/c1-19(13-16-5-3-2-4-6-16)14-17-9-7-15(8-10-17)11-12-18(20)21/h7-12,16H,2-6,13-14H2,1H3,(H,20,21). The number of hydrogen-bond acceptors (Lipinski definition) is 2. The Morgan fingerprint density at radius 2 is 1.90 bits per heavy atom. The summed E-state index contributed by atoms with van der Waals surface area (Å²) in [6, 6.07) is 8.12. The summed E-state index contributed by atoms with van der Waals surface area (Å²) in [5.41, 5.74) is 2.21. The molecule has 0 spiro atoms. The fourth-order valence-electron chi connectivity index (χ4n) is 3.09. The monoisotopic (exact) mass is 287 g/mol. The van der Waals surface area contributed by atoms with E-state index in [4.69, 9.17) is 5.11 Å². The van der Waals surface area contributed by atoms with Gasteiger partial charge in [0.2, 0.25) is 0 Å². The van der Waals surface area contributed by atoms with Crippen molar-refractivity contribution in [2.24, 2.45) is 5.92 Å². The van der Waals surface area contributed by atoms with Gasteiger partial charge in [-0.1, -0.05) is 43.5 Å². The SMILES string of the molecule is CN(Cc1ccc(C=CC(=O)O)cc1)CC1CCCCC1. The van der Waals surface area contributed by atoms with Crippen LogP contribution < -0.4 is 0 Å². The van der Waals surface area contributed by atoms with Crippen LogP contribution in [0.15, 0.2) is 30.3 Å². The molecule has 0 heterocycles. The second kappa shape index (κ2) is 7.99. The summed E-state index contributed by atoms with van der Waals surface area (Å²) in [6.45, 7) is 2.14. The molecule has 114 valence electrons. The van der Waals surface area contributed by atoms with Crippen LogP contribution in [0.2, 0.25) is 0 Å². The predicted molar refractivity (Wildman–Crippen MR) is 86.0 cm³/mol. The number of carboxylic acids is 1. The maximum atomic E-state index is 10.5. The van der Waals surface area contributed by atoms with Gasteiger partial charge in [0, 0.05) is 19.2 Å². The summed E-state index contributed by atoms with van der Waals surface area (Å²) in [6.07, 6.45) is 9.74. The van der Waals surface area contributed by atoms with E-state index in [-0.39, 0.29) is 0 Å². The molecule has 0 aliphatic heterocycles. The van der Waals surface area contributed by atoms with Crippen molar-refractivity contribution in [1.29, 1.82) is 0 Å². The van der Waals surface area contributed by atoms with Gasteiger partial charge in [-0.3, -0.25) is 0 Å². The minimum atomic E-state index is -0.911. The van der Waals surface area contributed by atoms with Crippen molar-refractivity contribution in [2.75, 3.05) is 13.6 Å². The minimum absolute atomic E-state index is 0.863. The Bertz CT molecular complexity index is 472. The number of hydrogen-bond donors (Lipinski definition) is 1. The van der Waals surface area contributed by atoms with Crippen molar-refractivity contribution in [3.63, 3.8) is 0 Å². The van der Waals surface area contributed by atoms with Gasteiger partial charge in [-0.05, 0) is 43.0 Å². The highest BCUT2D eigenvalue weighted by molar-refractivity contribution is 5.85. The molecule has 2 rings (SSSR count). The first-order valence-electron chi connectivity index (χ1n) is 7.82. The topological polar surface area (TPSA) is 40.5 Å². The molecule has 1 aliphatic rings. The van der Waals surface area contributed by atoms with Crippen LogP contribution in [0.5, 0.6) is 0 Å². The minimum Gasteiger partial charge on any atom is -0.478 e. The first kappa shape index (κ1) is 15.8. The molecule has 1 aromatic rings. The number of benzene rings is 1. The maximum Gasteiger partial charge on any atom is 0.328 e. The molecule has 1 fully saturated rings. The molecular weight excluding hydrogens is 262 g/mol. The molecular formula is C18H25NO2. The molecule has 0 aromatic heterocycles. The molecule has 1 N–H and O–H groups in total. The van der Waals surface area contributed by atoms with E-state index in [2.05, 4.69) is 24.1 Å². The van der Waals surface area contributed by atoms with Crippen molar-refractivity contribution in [1.82, 2.24) is 4.90 Å². The molecule has 1 aromatic carbocycles. The fourth-order valence-corrected chi connectivity index (χ4v) is 3.09. The first-order chi connectivity index (χ1) is 10.1. The third-order valence-electron chi connectivity index (χ3n) is 4.15. The quantitative estimate of drug-likeness (QED) is 0.809. The van der Waals surface area contributed by atoms with Gasteiger partial charge >= 0.3 is 5.97 Å². The van der Waals surface area contributed by atoms with Crippen LogP contribution >= 0.6 is 0 Å². The largest absolute Gasteiger partial charge is 0.478 e. The van der Waals surface area contributed by atoms with Crippen LogP contribution in [-0.4, -0.2) is 29.6 Å². The van der Waals surface area contributed by atoms with Gasteiger partial charge in [0.05, 0.1) is 0 Å². The first-order valence-corrected chi connectivity index (χ1v) is 7.82. The van der Waals surface area contributed by atoms with Crippen LogP contribution in [0.4, 0.5) is 0 Å². The van der Waals surface area contributed by atoms with E-state index in [1.165, 1.54) is 50.3 Å². The van der Waals surface area contributed by atoms with Gasteiger partial charge in [-0.25, -0.2) is 4.79 Å². The Hall–Kier alpha value is -1.61. The van der Waals surface area contributed by atoms with Crippen molar-refractivity contribution in [3.8, 4) is 0 Å². The maximum absolute atomic E-state index is 10.5. The van der Waals surface area contributed by atoms with E-state index in [1.807, 2.05) is 12.1 Å². The predicted octanol–water partition coefficient (Wildman–Crippen LogP) is 3.80. The summed E-state index contributed by atoms with van der Waals surface area (Å²) in [7, 11) is 2.19. The number of carbonyl (C=O) groups is 1. The summed E-state index contributed by atoms with van der Waals surface area (Å²) < 4.78 is 0. The lowest BCUT2D eigenvalue weighted by Gasteiger charge is -2.27. The molecule has 0 amide bonds. The summed E-state index contributed by atoms with van der Waals surface area (Å²) in [5.74, 6) is -0.0483. The number of carboxylic acid groups (broad SMARTS) is 1. The molecule has 0 bridgehead atoms. The smallest absolute Gasteiger partial charge is 0.328 e. The third-order valence-corrected chi connectivity index (χ3v) is 4.15. The number of nitrogens with zero attached hydrogens (tertiary/aromatic N) is 1. The van der Waals surface area contributed by atoms with Crippen LogP contribution in [0.25, 0.3) is 6.08 Å². The van der Waals surface area contributed by atoms with Gasteiger partial charge in [0.1, 0.15) is 0 Å². The van der Waals surface area contributed by atoms with Gasteiger partial charge in [-0.15, -0.1) is 0 Å². The van der Waals surface area contributed by atoms with Crippen molar-refractivity contribution in [2.45, 2.75) is 38.6 Å². The number of aliphatic carboxylic acids is 1. The van der Waals surface area contributed by atoms with Crippen molar-refractivity contribution < 1.29 is 9.90 Å². The number of rotatable bonds is 6. The second-order valence-electron chi connectivity index (χ2n) is 6.11. The zero-order chi connectivity index (χ0) is 15.1. The zero-order valence-corrected chi connectivity index (χ0v) is 12.8. The molecule has 0 saturated heterocycles. The average Bonchev–Trinajstić information content (AvgIpc) is 2.47. The molecule has 1 saturated carbocycles. The van der Waals surface area contributed by atoms with E-state index in [1.54, 1.807) is 6.08 Å². The van der Waals surface area contributed by atoms with E-state index in [0.717, 1.165) is 18.0 Å². The second-order valence-corrected chi connectivity index (χ2v) is 6.11. The van der Waals surface area contributed by atoms with Gasteiger partial charge in [-0.2, -0.15) is 0 Å². The Labute approximate surface area is 127 Å². The van der Waals surface area contributed by atoms with E-state index >= 15 is 0 Å². The van der Waals surface area contributed by atoms with Crippen LogP contribution in [0.3, 0.4) is 0 Å². The molecule has 0 atom stereocenters. The van der Waals surface area contributed by atoms with Crippen molar-refractivity contribution in [3.05, 3.63) is 41.5 Å². The van der Waals surface area contributed by atoms with Gasteiger partial charge in [0.15, 0.2) is 0 Å². The van der Waals surface area contributed by atoms with Crippen LogP contribution in [0.1, 0.15) is 43.2 Å². The molecule has 3 nitrogen and oxygen atoms in total. The van der Waals surface area contributed by atoms with Crippen LogP contribution in [-0.2, 0) is 11.3 Å². The van der Waals surface area contributed by atoms with Gasteiger partial charge < -0.3 is 10.0 Å². The van der Waals surface area contributed by atoms with Crippen LogP contribution in [0, 0.1) is 5.92 Å². The summed E-state index contributed by atoms with van der Waals surface area (Å²) >= 11 is 0. The Morgan fingerprint density at radius 3 is 2.52 bits per heavy atom. The molecule has 21 heavy (non-hydrogen) atoms. The normalized spacial score (nSPS) is 16.7. The molecule has 0 radical (unpaired) electrons. The lowest BCUT2D eigenvalue weighted by molar-refractivity contribution is -0.131. The van der Waals surface area contributed by atoms with E-state index < -0.39 is 5.97 Å². The highest BCUT2D eigenvalue weighted by Gasteiger charge is 2.15. The van der Waals surface area contributed by atoms with E-state index in [9.17, 15) is 4.79 Å². The zero-order valence-electron chi connectivity index (χ0n) is 12.8. The van der Waals surface area contributed by atoms with Crippen molar-refractivity contribution >= 4 is 12.0 Å². The van der Waals surface area contributed by atoms with E-state index in [0.29, 0.717) is 0 Å². The molecule has 1 aliphatic carbocycles.